The molecule has 5 rings (SSSR count). The highest BCUT2D eigenvalue weighted by Gasteiger charge is 2.62. The minimum atomic E-state index is -1.72. The molecule has 0 bridgehead atoms. The number of nitrogens with zero attached hydrogens (tertiary/aromatic N) is 2. The molecule has 1 aliphatic carbocycles. The number of hydrogen-bond acceptors (Lipinski definition) is 8. The fraction of sp³-hybridized carbons (Fsp3) is 0.639. The molecule has 3 heterocycles. The summed E-state index contributed by atoms with van der Waals surface area (Å²) in [4.78, 5) is 71.4. The second-order valence-corrected chi connectivity index (χ2v) is 17.7. The zero-order valence-corrected chi connectivity index (χ0v) is 30.7. The molecular weight excluding hydrogens is 662 g/mol. The highest BCUT2D eigenvalue weighted by Crippen LogP contribution is 2.46. The Morgan fingerprint density at radius 1 is 1.02 bits per heavy atom. The number of carbonyl (C=O) groups excluding carboxylic acids is 5. The van der Waals surface area contributed by atoms with Gasteiger partial charge in [0.15, 0.2) is 0 Å². The number of amides is 5. The minimum Gasteiger partial charge on any atom is -0.593 e. The quantitative estimate of drug-likeness (QED) is 0.311. The van der Waals surface area contributed by atoms with E-state index in [1.807, 2.05) is 36.4 Å². The number of benzene rings is 1. The highest BCUT2D eigenvalue weighted by atomic mass is 32.2. The second-order valence-electron chi connectivity index (χ2n) is 15.7. The molecule has 4 aliphatic rings. The van der Waals surface area contributed by atoms with Gasteiger partial charge >= 0.3 is 12.2 Å². The molecule has 1 aromatic carbocycles. The Hall–Kier alpha value is -3.78. The van der Waals surface area contributed by atoms with Gasteiger partial charge in [-0.05, 0) is 78.4 Å². The van der Waals surface area contributed by atoms with E-state index in [1.54, 1.807) is 46.4 Å². The maximum absolute atomic E-state index is 14.3. The van der Waals surface area contributed by atoms with Gasteiger partial charge in [-0.15, -0.1) is 0 Å². The summed E-state index contributed by atoms with van der Waals surface area (Å²) in [5.74, 6) is -1.99. The molecule has 5 amide bonds. The van der Waals surface area contributed by atoms with Crippen LogP contribution in [-0.4, -0.2) is 84.9 Å². The van der Waals surface area contributed by atoms with Crippen molar-refractivity contribution in [2.24, 2.45) is 5.92 Å². The number of ether oxygens (including phenoxy) is 2. The van der Waals surface area contributed by atoms with Crippen molar-refractivity contribution in [2.75, 3.05) is 6.54 Å². The van der Waals surface area contributed by atoms with Crippen molar-refractivity contribution in [3.8, 4) is 0 Å². The molecule has 3 aliphatic heterocycles. The van der Waals surface area contributed by atoms with Crippen molar-refractivity contribution in [1.82, 2.24) is 25.2 Å². The van der Waals surface area contributed by atoms with E-state index in [-0.39, 0.29) is 18.9 Å². The van der Waals surface area contributed by atoms with Crippen LogP contribution in [0.4, 0.5) is 9.59 Å². The smallest absolute Gasteiger partial charge is 0.410 e. The van der Waals surface area contributed by atoms with E-state index in [1.165, 1.54) is 4.90 Å². The maximum atomic E-state index is 14.3. The summed E-state index contributed by atoms with van der Waals surface area (Å²) in [7, 11) is 0. The Kier molecular flexibility index (Phi) is 11.1. The van der Waals surface area contributed by atoms with Gasteiger partial charge < -0.3 is 29.6 Å². The predicted octanol–water partition coefficient (Wildman–Crippen LogP) is 3.98. The van der Waals surface area contributed by atoms with Crippen LogP contribution in [0, 0.1) is 5.92 Å². The fourth-order valence-corrected chi connectivity index (χ4v) is 7.28. The van der Waals surface area contributed by atoms with E-state index in [4.69, 9.17) is 9.47 Å². The molecule has 1 aromatic rings. The molecule has 274 valence electrons. The molecule has 3 N–H and O–H groups in total. The van der Waals surface area contributed by atoms with E-state index < -0.39 is 75.3 Å². The Morgan fingerprint density at radius 2 is 1.70 bits per heavy atom. The molecule has 14 heteroatoms. The predicted molar refractivity (Wildman–Crippen MR) is 186 cm³/mol. The van der Waals surface area contributed by atoms with Crippen LogP contribution in [0.5, 0.6) is 0 Å². The third-order valence-electron chi connectivity index (χ3n) is 9.44. The number of rotatable bonds is 4. The summed E-state index contributed by atoms with van der Waals surface area (Å²) in [6.07, 6.45) is 5.36. The lowest BCUT2D eigenvalue weighted by atomic mass is 10.0. The first-order chi connectivity index (χ1) is 23.5. The third-order valence-corrected chi connectivity index (χ3v) is 10.9. The molecule has 0 aromatic heterocycles. The van der Waals surface area contributed by atoms with Crippen LogP contribution in [-0.2, 0) is 48.3 Å². The van der Waals surface area contributed by atoms with E-state index in [2.05, 4.69) is 15.4 Å². The molecule has 0 radical (unpaired) electrons. The van der Waals surface area contributed by atoms with Gasteiger partial charge in [-0.25, -0.2) is 9.59 Å². The largest absolute Gasteiger partial charge is 0.593 e. The number of carbonyl (C=O) groups is 5. The molecule has 0 spiro atoms. The average Bonchev–Trinajstić information content (AvgIpc) is 3.33. The van der Waals surface area contributed by atoms with E-state index >= 15 is 0 Å². The van der Waals surface area contributed by atoms with Gasteiger partial charge in [0.1, 0.15) is 34.1 Å². The second kappa shape index (κ2) is 14.8. The fourth-order valence-electron chi connectivity index (χ4n) is 6.62. The van der Waals surface area contributed by atoms with Crippen LogP contribution >= 0.6 is 0 Å². The first-order valence-corrected chi connectivity index (χ1v) is 18.7. The van der Waals surface area contributed by atoms with Gasteiger partial charge in [-0.1, -0.05) is 49.3 Å². The van der Waals surface area contributed by atoms with Gasteiger partial charge in [0, 0.05) is 25.4 Å². The highest BCUT2D eigenvalue weighted by molar-refractivity contribution is 7.91. The van der Waals surface area contributed by atoms with E-state index in [0.717, 1.165) is 30.4 Å². The number of fused-ring (bicyclic) bond motifs is 3. The summed E-state index contributed by atoms with van der Waals surface area (Å²) in [6.45, 7) is 11.1. The van der Waals surface area contributed by atoms with Crippen LogP contribution in [0.3, 0.4) is 0 Å². The first-order valence-electron chi connectivity index (χ1n) is 17.5. The molecule has 50 heavy (non-hydrogen) atoms. The molecule has 6 atom stereocenters. The normalized spacial score (nSPS) is 28.5. The number of nitrogens with one attached hydrogen (secondary N) is 3. The average molecular weight is 714 g/mol. The zero-order valence-electron chi connectivity index (χ0n) is 29.9. The molecule has 2 fully saturated rings. The zero-order chi connectivity index (χ0) is 36.4. The van der Waals surface area contributed by atoms with E-state index in [0.29, 0.717) is 32.4 Å². The molecule has 13 nitrogen and oxygen atoms in total. The van der Waals surface area contributed by atoms with Crippen molar-refractivity contribution in [3.05, 3.63) is 47.5 Å². The summed E-state index contributed by atoms with van der Waals surface area (Å²) in [6, 6.07) is 5.64. The maximum Gasteiger partial charge on any atom is 0.410 e. The SMILES string of the molecule is CC(C)(C)OC(=O)N[C@H]1CCCCC/C=C\[C@@H]2C[C@@]2(C(=O)N[S+]([O-])C(C)(C)C)NC(=O)[C@@H]2C[C@@H](OC(=O)N3Cc4ccccc4C3)CN2C1=O. The first kappa shape index (κ1) is 37.5. The molecule has 1 saturated heterocycles. The number of hydrogen-bond donors (Lipinski definition) is 3. The Bertz CT molecular complexity index is 1480. The topological polar surface area (TPSA) is 169 Å². The van der Waals surface area contributed by atoms with Crippen molar-refractivity contribution in [1.29, 1.82) is 0 Å². The lowest BCUT2D eigenvalue weighted by molar-refractivity contribution is -0.141. The molecular formula is C36H51N5O8S. The standard InChI is InChI=1S/C36H51N5O8S/c1-34(2,3)49-32(45)37-27-17-11-9-7-8-10-16-25-19-36(25,31(44)39-50(47)35(4,5)6)38-29(42)28-18-26(22-41(28)30(27)43)48-33(46)40-20-23-14-12-13-15-24(23)21-40/h10,12-16,25-28H,7-9,11,17-22H2,1-6H3,(H,37,45)(H,38,42)(H,39,44)/b16-10-/t25-,26-,27+,28+,36-,50?/m1/s1. The van der Waals surface area contributed by atoms with Gasteiger partial charge in [0.05, 0.1) is 17.9 Å². The van der Waals surface area contributed by atoms with Crippen molar-refractivity contribution in [3.63, 3.8) is 0 Å². The Morgan fingerprint density at radius 3 is 2.34 bits per heavy atom. The van der Waals surface area contributed by atoms with Crippen molar-refractivity contribution in [2.45, 2.75) is 134 Å². The van der Waals surface area contributed by atoms with Gasteiger partial charge in [-0.2, -0.15) is 4.72 Å². The van der Waals surface area contributed by atoms with Gasteiger partial charge in [0.25, 0.3) is 5.91 Å². The van der Waals surface area contributed by atoms with E-state index in [9.17, 15) is 28.5 Å². The van der Waals surface area contributed by atoms with Crippen LogP contribution in [0.25, 0.3) is 0 Å². The third kappa shape index (κ3) is 8.92. The lowest BCUT2D eigenvalue weighted by Gasteiger charge is -2.30. The van der Waals surface area contributed by atoms with Crippen LogP contribution < -0.4 is 15.4 Å². The van der Waals surface area contributed by atoms with Crippen LogP contribution in [0.1, 0.15) is 97.6 Å². The Labute approximate surface area is 297 Å². The van der Waals surface area contributed by atoms with Gasteiger partial charge in [0.2, 0.25) is 11.8 Å². The molecule has 1 unspecified atom stereocenters. The summed E-state index contributed by atoms with van der Waals surface area (Å²) in [5, 5.41) is 5.64. The Balaban J connectivity index is 1.40. The minimum absolute atomic E-state index is 0.00458. The monoisotopic (exact) mass is 713 g/mol. The van der Waals surface area contributed by atoms with Gasteiger partial charge in [-0.3, -0.25) is 19.3 Å². The summed E-state index contributed by atoms with van der Waals surface area (Å²) in [5.41, 5.74) is -0.0968. The summed E-state index contributed by atoms with van der Waals surface area (Å²) < 4.78 is 26.2. The van der Waals surface area contributed by atoms with Crippen molar-refractivity contribution < 1.29 is 38.0 Å². The number of alkyl carbamates (subject to hydrolysis) is 1. The van der Waals surface area contributed by atoms with Crippen LogP contribution in [0.15, 0.2) is 36.4 Å². The van der Waals surface area contributed by atoms with Crippen molar-refractivity contribution >= 4 is 41.3 Å². The summed E-state index contributed by atoms with van der Waals surface area (Å²) >= 11 is -1.72. The lowest BCUT2D eigenvalue weighted by Crippen LogP contribution is -2.59. The molecule has 1 saturated carbocycles. The number of allylic oxidation sites excluding steroid dienone is 1. The van der Waals surface area contributed by atoms with Crippen LogP contribution in [0.2, 0.25) is 0 Å².